The second-order valence-corrected chi connectivity index (χ2v) is 14.1. The molecule has 8 nitrogen and oxygen atoms in total. The summed E-state index contributed by atoms with van der Waals surface area (Å²) in [5.41, 5.74) is 6.68. The zero-order valence-corrected chi connectivity index (χ0v) is 27.7. The van der Waals surface area contributed by atoms with Crippen molar-refractivity contribution in [3.05, 3.63) is 64.1 Å². The van der Waals surface area contributed by atoms with E-state index in [-0.39, 0.29) is 6.04 Å². The van der Waals surface area contributed by atoms with Crippen LogP contribution in [0, 0.1) is 0 Å². The van der Waals surface area contributed by atoms with Gasteiger partial charge in [-0.2, -0.15) is 4.31 Å². The molecule has 4 rings (SSSR count). The van der Waals surface area contributed by atoms with Crippen molar-refractivity contribution < 1.29 is 8.42 Å². The van der Waals surface area contributed by atoms with Crippen LogP contribution in [0.3, 0.4) is 0 Å². The molecule has 3 heterocycles. The predicted octanol–water partition coefficient (Wildman–Crippen LogP) is 5.32. The molecular weight excluding hydrogens is 553 g/mol. The molecule has 0 aliphatic carbocycles. The summed E-state index contributed by atoms with van der Waals surface area (Å²) >= 11 is 1.34. The highest BCUT2D eigenvalue weighted by atomic mass is 32.2. The maximum Gasteiger partial charge on any atom is 0.252 e. The smallest absolute Gasteiger partial charge is 0.252 e. The Morgan fingerprint density at radius 3 is 2.44 bits per heavy atom. The lowest BCUT2D eigenvalue weighted by molar-refractivity contribution is 0.179. The average Bonchev–Trinajstić information content (AvgIpc) is 3.45. The quantitative estimate of drug-likeness (QED) is 0.380. The highest BCUT2D eigenvalue weighted by molar-refractivity contribution is 7.91. The number of amidine groups is 1. The number of aliphatic imine (C=N–C) groups is 1. The molecule has 0 amide bonds. The van der Waals surface area contributed by atoms with Gasteiger partial charge in [-0.25, -0.2) is 13.4 Å². The molecule has 226 valence electrons. The molecule has 2 aliphatic rings. The first-order chi connectivity index (χ1) is 19.5. The van der Waals surface area contributed by atoms with Gasteiger partial charge in [0.05, 0.1) is 5.69 Å². The number of sulfonamides is 1. The van der Waals surface area contributed by atoms with Gasteiger partial charge in [0.2, 0.25) is 0 Å². The van der Waals surface area contributed by atoms with Crippen molar-refractivity contribution in [2.24, 2.45) is 4.99 Å². The van der Waals surface area contributed by atoms with Crippen LogP contribution in [0.15, 0.2) is 57.3 Å². The Morgan fingerprint density at radius 2 is 1.80 bits per heavy atom. The summed E-state index contributed by atoms with van der Waals surface area (Å²) in [5.74, 6) is 0.915. The lowest BCUT2D eigenvalue weighted by atomic mass is 10.0. The Balaban J connectivity index is 0.00000226. The molecule has 0 unspecified atom stereocenters. The predicted molar refractivity (Wildman–Crippen MR) is 175 cm³/mol. The molecule has 1 aromatic carbocycles. The van der Waals surface area contributed by atoms with E-state index < -0.39 is 10.0 Å². The number of piperazine rings is 1. The van der Waals surface area contributed by atoms with Crippen molar-refractivity contribution in [3.8, 4) is 0 Å². The highest BCUT2D eigenvalue weighted by Crippen LogP contribution is 2.32. The second-order valence-electron chi connectivity index (χ2n) is 10.8. The first kappa shape index (κ1) is 33.0. The number of para-hydroxylation sites is 1. The molecule has 0 spiro atoms. The molecule has 1 atom stereocenters. The number of nitrogens with one attached hydrogen (secondary N) is 2. The van der Waals surface area contributed by atoms with Crippen molar-refractivity contribution in [2.45, 2.75) is 58.3 Å². The topological polar surface area (TPSA) is 80.3 Å². The Bertz CT molecular complexity index is 1370. The third-order valence-electron chi connectivity index (χ3n) is 7.38. The van der Waals surface area contributed by atoms with Crippen LogP contribution in [0.4, 0.5) is 5.69 Å². The molecule has 1 saturated heterocycles. The molecule has 0 radical (unpaired) electrons. The van der Waals surface area contributed by atoms with Gasteiger partial charge in [-0.15, -0.1) is 11.3 Å². The van der Waals surface area contributed by atoms with Gasteiger partial charge in [0, 0.05) is 55.8 Å². The molecule has 2 aliphatic heterocycles. The van der Waals surface area contributed by atoms with E-state index >= 15 is 0 Å². The molecule has 2 aromatic rings. The third-order valence-corrected chi connectivity index (χ3v) is 11.0. The van der Waals surface area contributed by atoms with E-state index in [1.54, 1.807) is 10.4 Å². The number of rotatable bonds is 9. The number of hydrogen-bond acceptors (Lipinski definition) is 8. The second kappa shape index (κ2) is 14.6. The van der Waals surface area contributed by atoms with Gasteiger partial charge in [-0.05, 0) is 76.7 Å². The van der Waals surface area contributed by atoms with E-state index in [9.17, 15) is 8.42 Å². The van der Waals surface area contributed by atoms with Crippen molar-refractivity contribution >= 4 is 38.5 Å². The summed E-state index contributed by atoms with van der Waals surface area (Å²) in [5, 5.41) is 7.05. The van der Waals surface area contributed by atoms with E-state index in [1.165, 1.54) is 16.9 Å². The van der Waals surface area contributed by atoms with Crippen LogP contribution < -0.4 is 10.6 Å². The van der Waals surface area contributed by atoms with Gasteiger partial charge >= 0.3 is 0 Å². The van der Waals surface area contributed by atoms with Crippen LogP contribution >= 0.6 is 11.3 Å². The van der Waals surface area contributed by atoms with Crippen LogP contribution in [0.2, 0.25) is 0 Å². The fourth-order valence-electron chi connectivity index (χ4n) is 5.00. The monoisotopic (exact) mass is 600 g/mol. The van der Waals surface area contributed by atoms with E-state index in [2.05, 4.69) is 66.2 Å². The van der Waals surface area contributed by atoms with Gasteiger partial charge in [0.15, 0.2) is 0 Å². The average molecular weight is 601 g/mol. The summed E-state index contributed by atoms with van der Waals surface area (Å²) in [6, 6.07) is 10.2. The fraction of sp³-hybridized carbons (Fsp3) is 0.516. The Morgan fingerprint density at radius 1 is 1.12 bits per heavy atom. The number of anilines is 1. The van der Waals surface area contributed by atoms with E-state index in [0.717, 1.165) is 51.8 Å². The fourth-order valence-corrected chi connectivity index (χ4v) is 7.94. The van der Waals surface area contributed by atoms with Crippen LogP contribution in [0.1, 0.15) is 57.5 Å². The van der Waals surface area contributed by atoms with Crippen LogP contribution in [-0.2, 0) is 16.6 Å². The molecule has 2 N–H and O–H groups in total. The number of thiophene rings is 1. The van der Waals surface area contributed by atoms with Crippen molar-refractivity contribution in [2.75, 3.05) is 58.8 Å². The molecule has 1 fully saturated rings. The first-order valence-corrected chi connectivity index (χ1v) is 16.7. The lowest BCUT2D eigenvalue weighted by Gasteiger charge is -2.35. The highest BCUT2D eigenvalue weighted by Gasteiger charge is 2.30. The summed E-state index contributed by atoms with van der Waals surface area (Å²) < 4.78 is 28.8. The molecular formula is C31H48N6O2S2. The normalized spacial score (nSPS) is 17.4. The number of allylic oxidation sites excluding steroid dienone is 3. The summed E-state index contributed by atoms with van der Waals surface area (Å²) in [6.07, 6.45) is 0. The number of benzene rings is 1. The van der Waals surface area contributed by atoms with Crippen LogP contribution in [-0.4, -0.2) is 87.9 Å². The minimum atomic E-state index is -3.51. The molecule has 41 heavy (non-hydrogen) atoms. The molecule has 1 aromatic heterocycles. The number of fused-ring (bicyclic) bond motifs is 1. The molecule has 0 bridgehead atoms. The number of nitrogens with zero attached hydrogens (tertiary/aromatic N) is 4. The van der Waals surface area contributed by atoms with E-state index in [0.29, 0.717) is 37.1 Å². The molecule has 0 saturated carbocycles. The summed E-state index contributed by atoms with van der Waals surface area (Å²) in [6.45, 7) is 20.8. The van der Waals surface area contributed by atoms with Gasteiger partial charge in [-0.1, -0.05) is 38.1 Å². The lowest BCUT2D eigenvalue weighted by Crippen LogP contribution is -2.52. The first-order valence-electron chi connectivity index (χ1n) is 14.4. The Labute approximate surface area is 251 Å². The van der Waals surface area contributed by atoms with Gasteiger partial charge < -0.3 is 15.5 Å². The van der Waals surface area contributed by atoms with Crippen molar-refractivity contribution in [1.29, 1.82) is 0 Å². The SMILES string of the molecule is C=C(C)/C(C)=C(\C)c1ccc(S(=O)(=O)N2CCN(C[C@H](C)NC3=NCNc4c(CN(C)C)cccc43)CC2)s1.CC. The maximum atomic E-state index is 13.4. The summed E-state index contributed by atoms with van der Waals surface area (Å²) in [7, 11) is 0.641. The van der Waals surface area contributed by atoms with Crippen molar-refractivity contribution in [1.82, 2.24) is 19.4 Å². The number of hydrogen-bond donors (Lipinski definition) is 2. The van der Waals surface area contributed by atoms with Gasteiger partial charge in [-0.3, -0.25) is 4.90 Å². The molecule has 10 heteroatoms. The summed E-state index contributed by atoms with van der Waals surface area (Å²) in [4.78, 5) is 10.2. The maximum absolute atomic E-state index is 13.4. The van der Waals surface area contributed by atoms with E-state index in [1.807, 2.05) is 40.7 Å². The van der Waals surface area contributed by atoms with Crippen molar-refractivity contribution in [3.63, 3.8) is 0 Å². The van der Waals surface area contributed by atoms with Crippen LogP contribution in [0.25, 0.3) is 5.57 Å². The zero-order valence-electron chi connectivity index (χ0n) is 26.0. The minimum absolute atomic E-state index is 0.168. The third kappa shape index (κ3) is 8.08. The van der Waals surface area contributed by atoms with E-state index in [4.69, 9.17) is 4.99 Å². The zero-order chi connectivity index (χ0) is 30.3. The van der Waals surface area contributed by atoms with Gasteiger partial charge in [0.25, 0.3) is 10.0 Å². The van der Waals surface area contributed by atoms with Gasteiger partial charge in [0.1, 0.15) is 16.7 Å². The Kier molecular flexibility index (Phi) is 11.8. The minimum Gasteiger partial charge on any atom is -0.366 e. The van der Waals surface area contributed by atoms with Crippen LogP contribution in [0.5, 0.6) is 0 Å². The largest absolute Gasteiger partial charge is 0.366 e. The standard InChI is InChI=1S/C29H42N6O2S2.C2H6/c1-20(2)22(4)23(5)26-11-12-27(38-26)39(36,37)35-15-13-34(14-16-35)17-21(3)32-29-25-10-8-9-24(18-33(6)7)28(25)30-19-31-29;1-2/h8-12,21,30H,1,13-19H2,2-7H3,(H,31,32);1-2H3/b23-22+;/t21-;/m0./s1. The Hall–Kier alpha value is -2.50.